The first-order chi connectivity index (χ1) is 19.2. The van der Waals surface area contributed by atoms with Gasteiger partial charge in [-0.2, -0.15) is 0 Å². The first-order valence-corrected chi connectivity index (χ1v) is 15.3. The summed E-state index contributed by atoms with van der Waals surface area (Å²) in [5, 5.41) is 3.32. The molecule has 0 saturated carbocycles. The first-order valence-electron chi connectivity index (χ1n) is 13.5. The number of ketones is 1. The van der Waals surface area contributed by atoms with Gasteiger partial charge in [0.2, 0.25) is 17.6 Å². The van der Waals surface area contributed by atoms with E-state index in [0.717, 1.165) is 23.1 Å². The number of piperidine rings is 1. The molecule has 1 aromatic heterocycles. The van der Waals surface area contributed by atoms with Crippen molar-refractivity contribution in [1.29, 1.82) is 0 Å². The van der Waals surface area contributed by atoms with E-state index in [1.807, 2.05) is 42.5 Å². The fourth-order valence-corrected chi connectivity index (χ4v) is 8.23. The Kier molecular flexibility index (Phi) is 8.41. The molecule has 2 amide bonds. The van der Waals surface area contributed by atoms with Crippen LogP contribution in [0.1, 0.15) is 48.0 Å². The molecule has 0 radical (unpaired) electrons. The van der Waals surface area contributed by atoms with Crippen LogP contribution in [0.5, 0.6) is 0 Å². The number of fused-ring (bicyclic) bond motifs is 2. The number of amides is 2. The SMILES string of the molecule is C[C@]12C[C@@H](Cc3ccccc3)CC(=O)N1[C@H](C(=O)N[C@@H](CCCN=C(N)N)C(=O)c1nc3ccccc3s1)CS2. The highest BCUT2D eigenvalue weighted by molar-refractivity contribution is 8.00. The number of rotatable bonds is 10. The summed E-state index contributed by atoms with van der Waals surface area (Å²) >= 11 is 2.95. The zero-order valence-electron chi connectivity index (χ0n) is 22.4. The molecule has 5 N–H and O–H groups in total. The van der Waals surface area contributed by atoms with Gasteiger partial charge in [-0.25, -0.2) is 4.98 Å². The van der Waals surface area contributed by atoms with E-state index in [1.54, 1.807) is 16.7 Å². The number of hydrogen-bond acceptors (Lipinski definition) is 7. The summed E-state index contributed by atoms with van der Waals surface area (Å²) in [4.78, 5) is 50.5. The fraction of sp³-hybridized carbons (Fsp3) is 0.414. The van der Waals surface area contributed by atoms with Gasteiger partial charge in [-0.15, -0.1) is 23.1 Å². The lowest BCUT2D eigenvalue weighted by molar-refractivity contribution is -0.146. The average Bonchev–Trinajstić information content (AvgIpc) is 3.52. The Morgan fingerprint density at radius 2 is 1.93 bits per heavy atom. The second kappa shape index (κ2) is 12.0. The van der Waals surface area contributed by atoms with E-state index in [0.29, 0.717) is 36.6 Å². The van der Waals surface area contributed by atoms with Crippen LogP contribution in [0, 0.1) is 5.92 Å². The van der Waals surface area contributed by atoms with E-state index in [2.05, 4.69) is 34.3 Å². The predicted octanol–water partition coefficient (Wildman–Crippen LogP) is 3.33. The molecule has 11 heteroatoms. The summed E-state index contributed by atoms with van der Waals surface area (Å²) < 4.78 is 0.906. The van der Waals surface area contributed by atoms with Gasteiger partial charge in [0.05, 0.1) is 21.1 Å². The molecule has 0 unspecified atom stereocenters. The van der Waals surface area contributed by atoms with Crippen LogP contribution in [0.3, 0.4) is 0 Å². The van der Waals surface area contributed by atoms with Crippen molar-refractivity contribution in [3.8, 4) is 0 Å². The van der Waals surface area contributed by atoms with Gasteiger partial charge in [0.15, 0.2) is 11.0 Å². The van der Waals surface area contributed by atoms with E-state index >= 15 is 0 Å². The third-order valence-corrected chi connectivity index (χ3v) is 10.0. The smallest absolute Gasteiger partial charge is 0.244 e. The summed E-state index contributed by atoms with van der Waals surface area (Å²) in [5.74, 6) is 0.112. The number of para-hydroxylation sites is 1. The number of guanidine groups is 1. The van der Waals surface area contributed by atoms with Crippen LogP contribution >= 0.6 is 23.1 Å². The Morgan fingerprint density at radius 3 is 2.67 bits per heavy atom. The number of hydrogen-bond donors (Lipinski definition) is 3. The van der Waals surface area contributed by atoms with Crippen LogP contribution in [-0.2, 0) is 16.0 Å². The van der Waals surface area contributed by atoms with Crippen LogP contribution in [0.4, 0.5) is 0 Å². The highest BCUT2D eigenvalue weighted by Gasteiger charge is 2.53. The molecule has 2 saturated heterocycles. The molecule has 0 aliphatic carbocycles. The van der Waals surface area contributed by atoms with Crippen LogP contribution < -0.4 is 16.8 Å². The second-order valence-electron chi connectivity index (χ2n) is 10.6. The van der Waals surface area contributed by atoms with Crippen molar-refractivity contribution in [3.63, 3.8) is 0 Å². The van der Waals surface area contributed by atoms with Crippen LogP contribution in [0.15, 0.2) is 59.6 Å². The second-order valence-corrected chi connectivity index (χ2v) is 13.1. The zero-order valence-corrected chi connectivity index (χ0v) is 24.0. The minimum atomic E-state index is -0.801. The predicted molar refractivity (Wildman–Crippen MR) is 160 cm³/mol. The first kappa shape index (κ1) is 28.1. The molecule has 4 atom stereocenters. The fourth-order valence-electron chi connectivity index (χ4n) is 5.73. The lowest BCUT2D eigenvalue weighted by Crippen LogP contribution is -2.58. The van der Waals surface area contributed by atoms with Gasteiger partial charge in [-0.05, 0) is 56.2 Å². The third kappa shape index (κ3) is 6.15. The quantitative estimate of drug-likeness (QED) is 0.145. The number of nitrogens with two attached hydrogens (primary N) is 2. The number of nitrogens with one attached hydrogen (secondary N) is 1. The number of carbonyl (C=O) groups excluding carboxylic acids is 3. The molecule has 40 heavy (non-hydrogen) atoms. The van der Waals surface area contributed by atoms with E-state index in [1.165, 1.54) is 16.9 Å². The summed E-state index contributed by atoms with van der Waals surface area (Å²) in [7, 11) is 0. The lowest BCUT2D eigenvalue weighted by atomic mass is 9.85. The molecule has 0 bridgehead atoms. The van der Waals surface area contributed by atoms with E-state index < -0.39 is 17.0 Å². The lowest BCUT2D eigenvalue weighted by Gasteiger charge is -2.44. The Labute approximate surface area is 241 Å². The molecular weight excluding hydrogens is 544 g/mol. The summed E-state index contributed by atoms with van der Waals surface area (Å²) in [6.45, 7) is 2.39. The molecule has 2 aliphatic heterocycles. The number of Topliss-reactive ketones (excluding diaryl/α,β-unsaturated/α-hetero) is 1. The van der Waals surface area contributed by atoms with Crippen LogP contribution in [-0.4, -0.2) is 62.7 Å². The number of thioether (sulfide) groups is 1. The minimum absolute atomic E-state index is 0.0124. The summed E-state index contributed by atoms with van der Waals surface area (Å²) in [5.41, 5.74) is 12.9. The van der Waals surface area contributed by atoms with Crippen molar-refractivity contribution in [3.05, 3.63) is 65.2 Å². The Bertz CT molecular complexity index is 1390. The van der Waals surface area contributed by atoms with Crippen LogP contribution in [0.2, 0.25) is 0 Å². The molecule has 2 fully saturated rings. The number of carbonyl (C=O) groups is 3. The summed E-state index contributed by atoms with van der Waals surface area (Å²) in [6.07, 6.45) is 2.90. The van der Waals surface area contributed by atoms with Crippen molar-refractivity contribution in [2.45, 2.75) is 56.0 Å². The maximum absolute atomic E-state index is 13.7. The normalized spacial score (nSPS) is 23.0. The average molecular weight is 579 g/mol. The van der Waals surface area contributed by atoms with Gasteiger partial charge >= 0.3 is 0 Å². The van der Waals surface area contributed by atoms with Gasteiger partial charge in [-0.1, -0.05) is 42.5 Å². The van der Waals surface area contributed by atoms with Gasteiger partial charge in [0, 0.05) is 18.7 Å². The molecule has 3 aromatic rings. The van der Waals surface area contributed by atoms with Crippen molar-refractivity contribution in [2.75, 3.05) is 12.3 Å². The van der Waals surface area contributed by atoms with E-state index in [4.69, 9.17) is 11.5 Å². The molecule has 2 aliphatic rings. The standard InChI is InChI=1S/C29H34N6O3S2/c1-29-16-19(14-18-8-3-2-4-9-18)15-24(36)35(29)22(17-39-29)26(38)33-21(11-7-13-32-28(30)31)25(37)27-34-20-10-5-6-12-23(20)40-27/h2-6,8-10,12,19,21-22H,7,11,13-17H2,1H3,(H,33,38)(H4,30,31,32)/t19-,21-,22-,29-/m0/s1. The van der Waals surface area contributed by atoms with Crippen LogP contribution in [0.25, 0.3) is 10.2 Å². The number of nitrogens with zero attached hydrogens (tertiary/aromatic N) is 3. The minimum Gasteiger partial charge on any atom is -0.370 e. The summed E-state index contributed by atoms with van der Waals surface area (Å²) in [6, 6.07) is 16.3. The molecule has 3 heterocycles. The van der Waals surface area contributed by atoms with Gasteiger partial charge in [0.1, 0.15) is 6.04 Å². The van der Waals surface area contributed by atoms with Gasteiger partial charge < -0.3 is 21.7 Å². The number of thiazole rings is 1. The Hall–Kier alpha value is -3.44. The Morgan fingerprint density at radius 1 is 1.18 bits per heavy atom. The zero-order chi connectivity index (χ0) is 28.3. The van der Waals surface area contributed by atoms with E-state index in [-0.39, 0.29) is 29.5 Å². The van der Waals surface area contributed by atoms with Gasteiger partial charge in [0.25, 0.3) is 0 Å². The van der Waals surface area contributed by atoms with Gasteiger partial charge in [-0.3, -0.25) is 19.4 Å². The van der Waals surface area contributed by atoms with Crippen molar-refractivity contribution < 1.29 is 14.4 Å². The van der Waals surface area contributed by atoms with Crippen molar-refractivity contribution in [1.82, 2.24) is 15.2 Å². The topological polar surface area (TPSA) is 144 Å². The maximum Gasteiger partial charge on any atom is 0.244 e. The largest absolute Gasteiger partial charge is 0.370 e. The monoisotopic (exact) mass is 578 g/mol. The molecule has 9 nitrogen and oxygen atoms in total. The number of aliphatic imine (C=N–C) groups is 1. The van der Waals surface area contributed by atoms with Crippen molar-refractivity contribution >= 4 is 56.9 Å². The van der Waals surface area contributed by atoms with E-state index in [9.17, 15) is 14.4 Å². The molecular formula is C29H34N6O3S2. The highest BCUT2D eigenvalue weighted by Crippen LogP contribution is 2.48. The number of benzene rings is 2. The molecule has 210 valence electrons. The van der Waals surface area contributed by atoms with Crippen molar-refractivity contribution in [2.24, 2.45) is 22.4 Å². The molecule has 5 rings (SSSR count). The maximum atomic E-state index is 13.7. The molecule has 0 spiro atoms. The number of aromatic nitrogens is 1. The third-order valence-electron chi connectivity index (χ3n) is 7.53. The highest BCUT2D eigenvalue weighted by atomic mass is 32.2. The molecule has 2 aromatic carbocycles. The Balaban J connectivity index is 1.30.